The van der Waals surface area contributed by atoms with Gasteiger partial charge in [0.2, 0.25) is 0 Å². The molecule has 2 aromatic heterocycles. The van der Waals surface area contributed by atoms with E-state index >= 15 is 0 Å². The molecule has 0 saturated heterocycles. The maximum atomic E-state index is 2.44. The number of nitrogens with zero attached hydrogens (tertiary/aromatic N) is 1. The van der Waals surface area contributed by atoms with Crippen LogP contribution in [0.1, 0.15) is 0 Å². The minimum absolute atomic E-state index is 0.236. The summed E-state index contributed by atoms with van der Waals surface area (Å²) in [7, 11) is 0. The summed E-state index contributed by atoms with van der Waals surface area (Å²) in [6.45, 7) is 0. The van der Waals surface area contributed by atoms with Crippen LogP contribution in [-0.2, 0) is 0 Å². The van der Waals surface area contributed by atoms with Crippen LogP contribution >= 0.6 is 0 Å². The second-order valence-electron chi connectivity index (χ2n) is 14.5. The first-order valence-electron chi connectivity index (χ1n) is 19.2. The van der Waals surface area contributed by atoms with E-state index in [1.54, 1.807) is 0 Å². The fraction of sp³-hybridized carbons (Fsp3) is 0. The standard InChI is InChI=1S/C54H35NSe/c1-3-14-36(15-4-1)38-18-11-19-39(30-38)42-31-43(33-44(32-42)46-24-13-25-50-49-23-8-10-27-53(49)56-54(46)50)41-28-29-48-47-22-7-9-26-51(47)55(52(48)35-41)45-21-12-20-40(34-45)37-16-5-2-6-17-37/h1-35H. The Morgan fingerprint density at radius 3 is 1.57 bits per heavy atom. The monoisotopic (exact) mass is 777 g/mol. The van der Waals surface area contributed by atoms with E-state index in [1.807, 2.05) is 0 Å². The number of fused-ring (bicyclic) bond motifs is 6. The van der Waals surface area contributed by atoms with Crippen molar-refractivity contribution in [1.29, 1.82) is 0 Å². The van der Waals surface area contributed by atoms with Gasteiger partial charge in [0.25, 0.3) is 0 Å². The molecule has 1 nitrogen and oxygen atoms in total. The molecule has 0 unspecified atom stereocenters. The van der Waals surface area contributed by atoms with Gasteiger partial charge in [-0.25, -0.2) is 0 Å². The minimum atomic E-state index is 0.236. The molecular weight excluding hydrogens is 742 g/mol. The Balaban J connectivity index is 1.14. The zero-order valence-corrected chi connectivity index (χ0v) is 32.3. The third-order valence-corrected chi connectivity index (χ3v) is 13.7. The van der Waals surface area contributed by atoms with Gasteiger partial charge in [0.15, 0.2) is 0 Å². The molecule has 0 aliphatic carbocycles. The van der Waals surface area contributed by atoms with Crippen LogP contribution in [0.2, 0.25) is 0 Å². The summed E-state index contributed by atoms with van der Waals surface area (Å²) in [5.74, 6) is 0. The summed E-state index contributed by atoms with van der Waals surface area (Å²) in [5, 5.41) is 5.27. The van der Waals surface area contributed by atoms with Crippen molar-refractivity contribution >= 4 is 55.6 Å². The Kier molecular flexibility index (Phi) is 7.91. The number of benzene rings is 9. The van der Waals surface area contributed by atoms with Gasteiger partial charge in [-0.05, 0) is 5.56 Å². The van der Waals surface area contributed by atoms with E-state index < -0.39 is 0 Å². The molecule has 0 bridgehead atoms. The Morgan fingerprint density at radius 1 is 0.286 bits per heavy atom. The van der Waals surface area contributed by atoms with Crippen LogP contribution in [0.15, 0.2) is 212 Å². The van der Waals surface area contributed by atoms with Crippen LogP contribution < -0.4 is 0 Å². The van der Waals surface area contributed by atoms with Crippen LogP contribution in [0.4, 0.5) is 0 Å². The third kappa shape index (κ3) is 5.62. The van der Waals surface area contributed by atoms with Crippen LogP contribution in [0.3, 0.4) is 0 Å². The predicted molar refractivity (Wildman–Crippen MR) is 240 cm³/mol. The quantitative estimate of drug-likeness (QED) is 0.148. The van der Waals surface area contributed by atoms with E-state index in [0.29, 0.717) is 0 Å². The van der Waals surface area contributed by atoms with Crippen LogP contribution in [0, 0.1) is 0 Å². The summed E-state index contributed by atoms with van der Waals surface area (Å²) < 4.78 is 5.37. The van der Waals surface area contributed by atoms with Crippen molar-refractivity contribution in [2.24, 2.45) is 0 Å². The van der Waals surface area contributed by atoms with Crippen molar-refractivity contribution in [1.82, 2.24) is 4.57 Å². The molecule has 0 atom stereocenters. The third-order valence-electron chi connectivity index (χ3n) is 11.2. The summed E-state index contributed by atoms with van der Waals surface area (Å²) >= 11 is 0.236. The van der Waals surface area contributed by atoms with Gasteiger partial charge < -0.3 is 0 Å². The normalized spacial score (nSPS) is 11.6. The molecule has 0 fully saturated rings. The Morgan fingerprint density at radius 2 is 0.804 bits per heavy atom. The van der Waals surface area contributed by atoms with E-state index in [4.69, 9.17) is 0 Å². The van der Waals surface area contributed by atoms with Gasteiger partial charge in [-0.3, -0.25) is 0 Å². The molecule has 262 valence electrons. The summed E-state index contributed by atoms with van der Waals surface area (Å²) in [4.78, 5) is 0. The second-order valence-corrected chi connectivity index (χ2v) is 16.7. The fourth-order valence-electron chi connectivity index (χ4n) is 8.48. The van der Waals surface area contributed by atoms with Crippen molar-refractivity contribution in [3.63, 3.8) is 0 Å². The molecule has 2 heterocycles. The molecule has 0 saturated carbocycles. The van der Waals surface area contributed by atoms with Crippen LogP contribution in [-0.4, -0.2) is 19.1 Å². The number of para-hydroxylation sites is 1. The molecule has 0 N–H and O–H groups in total. The number of hydrogen-bond acceptors (Lipinski definition) is 0. The number of hydrogen-bond donors (Lipinski definition) is 0. The topological polar surface area (TPSA) is 4.93 Å². The van der Waals surface area contributed by atoms with E-state index in [2.05, 4.69) is 217 Å². The van der Waals surface area contributed by atoms with Crippen molar-refractivity contribution < 1.29 is 0 Å². The first kappa shape index (κ1) is 32.7. The van der Waals surface area contributed by atoms with E-state index in [9.17, 15) is 0 Å². The van der Waals surface area contributed by atoms with E-state index in [0.717, 1.165) is 5.69 Å². The Bertz CT molecular complexity index is 3240. The second kappa shape index (κ2) is 13.6. The van der Waals surface area contributed by atoms with Crippen LogP contribution in [0.25, 0.3) is 102 Å². The molecule has 0 radical (unpaired) electrons. The van der Waals surface area contributed by atoms with E-state index in [-0.39, 0.29) is 14.5 Å². The van der Waals surface area contributed by atoms with Gasteiger partial charge in [-0.15, -0.1) is 0 Å². The van der Waals surface area contributed by atoms with Gasteiger partial charge in [0, 0.05) is 0 Å². The first-order chi connectivity index (χ1) is 27.7. The predicted octanol–water partition coefficient (Wildman–Crippen LogP) is 14.5. The van der Waals surface area contributed by atoms with Gasteiger partial charge >= 0.3 is 292 Å². The molecule has 56 heavy (non-hydrogen) atoms. The average molecular weight is 777 g/mol. The molecule has 11 aromatic rings. The van der Waals surface area contributed by atoms with Crippen molar-refractivity contribution in [2.75, 3.05) is 0 Å². The number of rotatable bonds is 6. The zero-order chi connectivity index (χ0) is 37.0. The SMILES string of the molecule is c1ccc(-c2cccc(-c3cc(-c4ccc5c6ccccc6n(-c6cccc(-c7ccccc7)c6)c5c4)cc(-c4cccc5c4[se]c4ccccc45)c3)c2)cc1. The summed E-state index contributed by atoms with van der Waals surface area (Å²) in [6.07, 6.45) is 0. The zero-order valence-electron chi connectivity index (χ0n) is 30.6. The molecule has 9 aromatic carbocycles. The van der Waals surface area contributed by atoms with Gasteiger partial charge in [0.05, 0.1) is 0 Å². The van der Waals surface area contributed by atoms with Crippen molar-refractivity contribution in [3.8, 4) is 61.3 Å². The molecular formula is C54H35NSe. The maximum absolute atomic E-state index is 2.44. The van der Waals surface area contributed by atoms with E-state index in [1.165, 1.54) is 96.7 Å². The van der Waals surface area contributed by atoms with Gasteiger partial charge in [-0.1, -0.05) is 36.4 Å². The van der Waals surface area contributed by atoms with Crippen molar-refractivity contribution in [3.05, 3.63) is 212 Å². The molecule has 0 amide bonds. The van der Waals surface area contributed by atoms with Crippen LogP contribution in [0.5, 0.6) is 0 Å². The first-order valence-corrected chi connectivity index (χ1v) is 20.9. The fourth-order valence-corrected chi connectivity index (χ4v) is 11.1. The van der Waals surface area contributed by atoms with Crippen molar-refractivity contribution in [2.45, 2.75) is 0 Å². The molecule has 0 aliphatic heterocycles. The molecule has 2 heteroatoms. The molecule has 11 rings (SSSR count). The Labute approximate surface area is 332 Å². The van der Waals surface area contributed by atoms with Gasteiger partial charge in [-0.2, -0.15) is 0 Å². The molecule has 0 aliphatic rings. The Hall–Kier alpha value is -6.70. The number of aromatic nitrogens is 1. The summed E-state index contributed by atoms with van der Waals surface area (Å²) in [5.41, 5.74) is 15.8. The van der Waals surface area contributed by atoms with Gasteiger partial charge in [0.1, 0.15) is 0 Å². The molecule has 0 spiro atoms. The summed E-state index contributed by atoms with van der Waals surface area (Å²) in [6, 6.07) is 78.2. The average Bonchev–Trinajstić information content (AvgIpc) is 3.83.